The number of amides is 2. The number of aryl methyl sites for hydroxylation is 1. The molecule has 10 heteroatoms. The molecule has 32 heavy (non-hydrogen) atoms. The fourth-order valence-corrected chi connectivity index (χ4v) is 7.62. The smallest absolute Gasteiger partial charge is 0.266 e. The van der Waals surface area contributed by atoms with E-state index in [2.05, 4.69) is 0 Å². The van der Waals surface area contributed by atoms with E-state index in [-0.39, 0.29) is 29.9 Å². The van der Waals surface area contributed by atoms with Crippen LogP contribution in [-0.4, -0.2) is 58.4 Å². The first-order chi connectivity index (χ1) is 15.2. The molecule has 2 aliphatic heterocycles. The lowest BCUT2D eigenvalue weighted by Crippen LogP contribution is -2.46. The number of thiophene rings is 1. The Morgan fingerprint density at radius 3 is 2.66 bits per heavy atom. The van der Waals surface area contributed by atoms with Crippen molar-refractivity contribution in [2.75, 3.05) is 18.1 Å². The Bertz CT molecular complexity index is 1190. The average Bonchev–Trinajstić information content (AvgIpc) is 3.40. The summed E-state index contributed by atoms with van der Waals surface area (Å²) in [4.78, 5) is 30.7. The van der Waals surface area contributed by atoms with Crippen molar-refractivity contribution in [3.05, 3.63) is 62.7 Å². The third-order valence-corrected chi connectivity index (χ3v) is 9.65. The van der Waals surface area contributed by atoms with E-state index in [4.69, 9.17) is 12.2 Å². The van der Waals surface area contributed by atoms with Gasteiger partial charge in [-0.2, -0.15) is 0 Å². The minimum absolute atomic E-state index is 0.0462. The minimum Gasteiger partial charge on any atom is -0.332 e. The van der Waals surface area contributed by atoms with Gasteiger partial charge in [0.1, 0.15) is 10.9 Å². The van der Waals surface area contributed by atoms with Crippen LogP contribution in [0.15, 0.2) is 46.7 Å². The number of nitrogens with zero attached hydrogens (tertiary/aromatic N) is 2. The topological polar surface area (TPSA) is 74.8 Å². The number of carbonyl (C=O) groups is 2. The number of rotatable bonds is 6. The van der Waals surface area contributed by atoms with Gasteiger partial charge < -0.3 is 4.90 Å². The zero-order chi connectivity index (χ0) is 22.9. The monoisotopic (exact) mass is 506 g/mol. The van der Waals surface area contributed by atoms with Gasteiger partial charge >= 0.3 is 0 Å². The molecule has 168 valence electrons. The Kier molecular flexibility index (Phi) is 6.85. The predicted octanol–water partition coefficient (Wildman–Crippen LogP) is 3.47. The Balaban J connectivity index is 1.53. The van der Waals surface area contributed by atoms with Crippen molar-refractivity contribution in [2.45, 2.75) is 25.9 Å². The van der Waals surface area contributed by atoms with E-state index in [0.717, 1.165) is 16.0 Å². The summed E-state index contributed by atoms with van der Waals surface area (Å²) in [5, 5.41) is 1.95. The second-order valence-electron chi connectivity index (χ2n) is 7.78. The van der Waals surface area contributed by atoms with Crippen molar-refractivity contribution in [2.24, 2.45) is 0 Å². The molecule has 3 heterocycles. The van der Waals surface area contributed by atoms with Gasteiger partial charge in [0, 0.05) is 10.9 Å². The fraction of sp³-hybridized carbons (Fsp3) is 0.318. The molecule has 0 aliphatic carbocycles. The molecule has 0 bridgehead atoms. The molecule has 2 aliphatic rings. The number of hydrogen-bond acceptors (Lipinski definition) is 7. The molecule has 1 atom stereocenters. The highest BCUT2D eigenvalue weighted by molar-refractivity contribution is 8.26. The molecule has 0 N–H and O–H groups in total. The number of carbonyl (C=O) groups excluding carboxylic acids is 2. The molecule has 6 nitrogen and oxygen atoms in total. The normalized spacial score (nSPS) is 21.5. The molecule has 2 amide bonds. The first-order valence-electron chi connectivity index (χ1n) is 10.1. The van der Waals surface area contributed by atoms with E-state index in [1.165, 1.54) is 28.0 Å². The first-order valence-corrected chi connectivity index (χ1v) is 14.0. The lowest BCUT2D eigenvalue weighted by atomic mass is 10.2. The van der Waals surface area contributed by atoms with Gasteiger partial charge in [-0.1, -0.05) is 54.3 Å². The maximum Gasteiger partial charge on any atom is 0.266 e. The van der Waals surface area contributed by atoms with Crippen molar-refractivity contribution < 1.29 is 18.0 Å². The molecule has 0 radical (unpaired) electrons. The van der Waals surface area contributed by atoms with Gasteiger partial charge in [0.25, 0.3) is 5.91 Å². The van der Waals surface area contributed by atoms with Gasteiger partial charge in [0.05, 0.1) is 23.0 Å². The second kappa shape index (κ2) is 9.46. The largest absolute Gasteiger partial charge is 0.332 e. The van der Waals surface area contributed by atoms with Gasteiger partial charge in [-0.05, 0) is 42.0 Å². The van der Waals surface area contributed by atoms with Gasteiger partial charge in [-0.3, -0.25) is 14.5 Å². The molecule has 1 aromatic heterocycles. The third-order valence-electron chi connectivity index (χ3n) is 5.52. The molecule has 2 fully saturated rings. The zero-order valence-corrected chi connectivity index (χ0v) is 20.7. The van der Waals surface area contributed by atoms with E-state index in [9.17, 15) is 18.0 Å². The fourth-order valence-electron chi connectivity index (χ4n) is 3.73. The van der Waals surface area contributed by atoms with Crippen LogP contribution in [0, 0.1) is 6.92 Å². The van der Waals surface area contributed by atoms with Crippen LogP contribution in [0.3, 0.4) is 0 Å². The number of thioether (sulfide) groups is 1. The standard InChI is InChI=1S/C22H22N2O4S4/c1-15-7-9-30-19(15)12-23(17-8-10-32(27,28)14-17)20(25)13-24-21(26)18(31-22(24)29)11-16-5-3-2-4-6-16/h2-7,9,11,17H,8,10,12-14H2,1H3/b18-11-. The average molecular weight is 507 g/mol. The summed E-state index contributed by atoms with van der Waals surface area (Å²) in [5.41, 5.74) is 1.94. The van der Waals surface area contributed by atoms with Crippen LogP contribution in [0.5, 0.6) is 0 Å². The Morgan fingerprint density at radius 1 is 1.28 bits per heavy atom. The maximum atomic E-state index is 13.3. The molecular weight excluding hydrogens is 485 g/mol. The van der Waals surface area contributed by atoms with Crippen molar-refractivity contribution in [3.8, 4) is 0 Å². The highest BCUT2D eigenvalue weighted by Gasteiger charge is 2.38. The summed E-state index contributed by atoms with van der Waals surface area (Å²) >= 11 is 8.10. The van der Waals surface area contributed by atoms with E-state index in [1.807, 2.05) is 48.7 Å². The second-order valence-corrected chi connectivity index (χ2v) is 12.7. The summed E-state index contributed by atoms with van der Waals surface area (Å²) < 4.78 is 24.5. The van der Waals surface area contributed by atoms with Gasteiger partial charge in [0.2, 0.25) is 5.91 Å². The molecule has 0 saturated carbocycles. The predicted molar refractivity (Wildman–Crippen MR) is 133 cm³/mol. The summed E-state index contributed by atoms with van der Waals surface area (Å²) in [7, 11) is -3.17. The highest BCUT2D eigenvalue weighted by atomic mass is 32.2. The van der Waals surface area contributed by atoms with Gasteiger partial charge in [-0.25, -0.2) is 8.42 Å². The van der Waals surface area contributed by atoms with Crippen molar-refractivity contribution in [3.63, 3.8) is 0 Å². The summed E-state index contributed by atoms with van der Waals surface area (Å²) in [6.45, 7) is 2.10. The lowest BCUT2D eigenvalue weighted by molar-refractivity contribution is -0.137. The Morgan fingerprint density at radius 2 is 2.03 bits per heavy atom. The minimum atomic E-state index is -3.17. The van der Waals surface area contributed by atoms with Crippen molar-refractivity contribution in [1.29, 1.82) is 0 Å². The maximum absolute atomic E-state index is 13.3. The third kappa shape index (κ3) is 5.14. The van der Waals surface area contributed by atoms with E-state index in [0.29, 0.717) is 22.2 Å². The van der Waals surface area contributed by atoms with Crippen LogP contribution in [-0.2, 0) is 26.0 Å². The summed E-state index contributed by atoms with van der Waals surface area (Å²) in [6.07, 6.45) is 2.17. The van der Waals surface area contributed by atoms with Crippen LogP contribution >= 0.6 is 35.3 Å². The van der Waals surface area contributed by atoms with Crippen LogP contribution in [0.4, 0.5) is 0 Å². The van der Waals surface area contributed by atoms with Gasteiger partial charge in [0.15, 0.2) is 9.84 Å². The lowest BCUT2D eigenvalue weighted by Gasteiger charge is -2.29. The summed E-state index contributed by atoms with van der Waals surface area (Å²) in [5.74, 6) is -0.568. The zero-order valence-electron chi connectivity index (χ0n) is 17.4. The molecule has 4 rings (SSSR count). The number of sulfone groups is 1. The molecular formula is C22H22N2O4S4. The number of thiocarbonyl (C=S) groups is 1. The number of benzene rings is 1. The molecule has 2 aromatic rings. The number of hydrogen-bond donors (Lipinski definition) is 0. The van der Waals surface area contributed by atoms with Crippen LogP contribution in [0.1, 0.15) is 22.4 Å². The van der Waals surface area contributed by atoms with Crippen LogP contribution < -0.4 is 0 Å². The highest BCUT2D eigenvalue weighted by Crippen LogP contribution is 2.33. The molecule has 1 aromatic carbocycles. The molecule has 2 saturated heterocycles. The van der Waals surface area contributed by atoms with Crippen LogP contribution in [0.25, 0.3) is 6.08 Å². The van der Waals surface area contributed by atoms with E-state index >= 15 is 0 Å². The Labute approximate surface area is 201 Å². The SMILES string of the molecule is Cc1ccsc1CN(C(=O)CN1C(=O)/C(=C/c2ccccc2)SC1=S)C1CCS(=O)(=O)C1. The first kappa shape index (κ1) is 23.2. The van der Waals surface area contributed by atoms with Crippen LogP contribution in [0.2, 0.25) is 0 Å². The quantitative estimate of drug-likeness (QED) is 0.441. The van der Waals surface area contributed by atoms with E-state index in [1.54, 1.807) is 11.0 Å². The summed E-state index contributed by atoms with van der Waals surface area (Å²) in [6, 6.07) is 11.0. The Hall–Kier alpha value is -2.01. The molecule has 1 unspecified atom stereocenters. The molecule has 0 spiro atoms. The van der Waals surface area contributed by atoms with Crippen molar-refractivity contribution in [1.82, 2.24) is 9.80 Å². The van der Waals surface area contributed by atoms with E-state index < -0.39 is 15.9 Å². The van der Waals surface area contributed by atoms with Crippen molar-refractivity contribution >= 4 is 67.4 Å². The van der Waals surface area contributed by atoms with Gasteiger partial charge in [-0.15, -0.1) is 11.3 Å².